The molecule has 0 unspecified atom stereocenters. The Kier molecular flexibility index (Phi) is 7.20. The molecule has 0 saturated heterocycles. The van der Waals surface area contributed by atoms with Crippen LogP contribution in [0.4, 0.5) is 0 Å². The highest BCUT2D eigenvalue weighted by Gasteiger charge is 2.39. The summed E-state index contributed by atoms with van der Waals surface area (Å²) in [7, 11) is -8.47. The average Bonchev–Trinajstić information content (AvgIpc) is 2.79. The first kappa shape index (κ1) is 22.7. The van der Waals surface area contributed by atoms with E-state index in [-0.39, 0.29) is 28.4 Å². The highest BCUT2D eigenvalue weighted by Crippen LogP contribution is 2.29. The van der Waals surface area contributed by atoms with Crippen molar-refractivity contribution in [2.75, 3.05) is 0 Å². The van der Waals surface area contributed by atoms with Crippen LogP contribution in [0.2, 0.25) is 0 Å². The van der Waals surface area contributed by atoms with E-state index in [0.29, 0.717) is 0 Å². The van der Waals surface area contributed by atoms with Gasteiger partial charge in [0.15, 0.2) is 30.0 Å². The summed E-state index contributed by atoms with van der Waals surface area (Å²) in [6.45, 7) is 0. The van der Waals surface area contributed by atoms with Crippen LogP contribution in [0.15, 0.2) is 107 Å². The Balaban J connectivity index is 1.90. The predicted molar refractivity (Wildman–Crippen MR) is 121 cm³/mol. The Morgan fingerprint density at radius 1 is 0.677 bits per heavy atom. The summed E-state index contributed by atoms with van der Waals surface area (Å²) in [4.78, 5) is 12.2. The SMILES string of the molecule is O=C(/C=C/c1ccccc1)CCC(S(=O)(=O)c1ccccc1)S(=O)(=O)c1ccccc1. The van der Waals surface area contributed by atoms with E-state index in [1.165, 1.54) is 54.6 Å². The number of hydrogen-bond donors (Lipinski definition) is 0. The molecule has 0 aliphatic rings. The van der Waals surface area contributed by atoms with Gasteiger partial charge in [0.05, 0.1) is 9.79 Å². The third-order valence-corrected chi connectivity index (χ3v) is 9.96. The summed E-state index contributed by atoms with van der Waals surface area (Å²) in [5.74, 6) is -0.347. The van der Waals surface area contributed by atoms with Gasteiger partial charge in [-0.05, 0) is 42.3 Å². The van der Waals surface area contributed by atoms with Crippen LogP contribution < -0.4 is 0 Å². The van der Waals surface area contributed by atoms with Gasteiger partial charge >= 0.3 is 0 Å². The number of sulfone groups is 2. The van der Waals surface area contributed by atoms with Crippen molar-refractivity contribution in [3.63, 3.8) is 0 Å². The van der Waals surface area contributed by atoms with E-state index in [9.17, 15) is 21.6 Å². The lowest BCUT2D eigenvalue weighted by Gasteiger charge is -2.18. The van der Waals surface area contributed by atoms with Crippen LogP contribution in [0.3, 0.4) is 0 Å². The third kappa shape index (κ3) is 5.57. The van der Waals surface area contributed by atoms with Gasteiger partial charge < -0.3 is 0 Å². The van der Waals surface area contributed by atoms with Gasteiger partial charge in [0.25, 0.3) is 0 Å². The summed E-state index contributed by atoms with van der Waals surface area (Å²) in [6, 6.07) is 24.1. The third-order valence-electron chi connectivity index (χ3n) is 4.72. The second-order valence-corrected chi connectivity index (χ2v) is 11.5. The zero-order valence-corrected chi connectivity index (χ0v) is 18.3. The Bertz CT molecular complexity index is 1180. The van der Waals surface area contributed by atoms with E-state index in [2.05, 4.69) is 0 Å². The van der Waals surface area contributed by atoms with E-state index in [0.717, 1.165) is 5.56 Å². The quantitative estimate of drug-likeness (QED) is 0.450. The van der Waals surface area contributed by atoms with Gasteiger partial charge in [0.1, 0.15) is 0 Å². The molecule has 3 rings (SSSR count). The van der Waals surface area contributed by atoms with E-state index in [1.54, 1.807) is 18.2 Å². The minimum absolute atomic E-state index is 0.0909. The van der Waals surface area contributed by atoms with E-state index < -0.39 is 24.3 Å². The van der Waals surface area contributed by atoms with Crippen LogP contribution in [-0.2, 0) is 24.5 Å². The molecule has 31 heavy (non-hydrogen) atoms. The average molecular weight is 455 g/mol. The summed E-state index contributed by atoms with van der Waals surface area (Å²) in [5, 5.41) is 0. The summed E-state index contributed by atoms with van der Waals surface area (Å²) < 4.78 is 51.2. The fourth-order valence-electron chi connectivity index (χ4n) is 3.10. The van der Waals surface area contributed by atoms with Crippen molar-refractivity contribution in [2.45, 2.75) is 27.2 Å². The van der Waals surface area contributed by atoms with E-state index in [4.69, 9.17) is 0 Å². The number of benzene rings is 3. The standard InChI is InChI=1S/C24H22O5S2/c25-21(17-16-20-10-4-1-5-11-20)18-19-24(30(26,27)22-12-6-2-7-13-22)31(28,29)23-14-8-3-9-15-23/h1-17,24H,18-19H2/b17-16+. The van der Waals surface area contributed by atoms with Gasteiger partial charge in [-0.2, -0.15) is 0 Å². The van der Waals surface area contributed by atoms with E-state index in [1.807, 2.05) is 30.3 Å². The molecule has 0 heterocycles. The van der Waals surface area contributed by atoms with Crippen LogP contribution in [0.25, 0.3) is 6.08 Å². The van der Waals surface area contributed by atoms with Gasteiger partial charge in [-0.15, -0.1) is 0 Å². The van der Waals surface area contributed by atoms with Crippen molar-refractivity contribution in [3.05, 3.63) is 103 Å². The predicted octanol–water partition coefficient (Wildman–Crippen LogP) is 4.32. The maximum Gasteiger partial charge on any atom is 0.195 e. The van der Waals surface area contributed by atoms with Crippen LogP contribution in [0.1, 0.15) is 18.4 Å². The fourth-order valence-corrected chi connectivity index (χ4v) is 7.64. The number of hydrogen-bond acceptors (Lipinski definition) is 5. The van der Waals surface area contributed by atoms with Gasteiger partial charge in [0.2, 0.25) is 0 Å². The van der Waals surface area contributed by atoms with Crippen LogP contribution in [0.5, 0.6) is 0 Å². The highest BCUT2D eigenvalue weighted by atomic mass is 32.3. The van der Waals surface area contributed by atoms with Gasteiger partial charge in [-0.25, -0.2) is 16.8 Å². The minimum Gasteiger partial charge on any atom is -0.295 e. The molecule has 0 aliphatic heterocycles. The topological polar surface area (TPSA) is 85.3 Å². The van der Waals surface area contributed by atoms with Crippen LogP contribution in [-0.4, -0.2) is 27.2 Å². The lowest BCUT2D eigenvalue weighted by molar-refractivity contribution is -0.114. The smallest absolute Gasteiger partial charge is 0.195 e. The maximum atomic E-state index is 13.2. The molecule has 0 fully saturated rings. The number of rotatable bonds is 9. The zero-order valence-electron chi connectivity index (χ0n) is 16.7. The van der Waals surface area contributed by atoms with E-state index >= 15 is 0 Å². The molecule has 0 aromatic heterocycles. The summed E-state index contributed by atoms with van der Waals surface area (Å²) >= 11 is 0. The molecule has 0 amide bonds. The second kappa shape index (κ2) is 9.85. The van der Waals surface area contributed by atoms with Crippen molar-refractivity contribution >= 4 is 31.5 Å². The Labute approximate surface area is 182 Å². The molecule has 0 aliphatic carbocycles. The molecule has 0 N–H and O–H groups in total. The molecule has 7 heteroatoms. The molecule has 160 valence electrons. The molecule has 5 nitrogen and oxygen atoms in total. The normalized spacial score (nSPS) is 12.3. The first-order chi connectivity index (χ1) is 14.8. The lowest BCUT2D eigenvalue weighted by atomic mass is 10.1. The Morgan fingerprint density at radius 3 is 1.55 bits per heavy atom. The highest BCUT2D eigenvalue weighted by molar-refractivity contribution is 8.09. The molecule has 0 atom stereocenters. The first-order valence-electron chi connectivity index (χ1n) is 9.65. The number of carbonyl (C=O) groups excluding carboxylic acids is 1. The van der Waals surface area contributed by atoms with Crippen molar-refractivity contribution in [3.8, 4) is 0 Å². The molecule has 0 radical (unpaired) electrons. The Morgan fingerprint density at radius 2 is 1.10 bits per heavy atom. The number of allylic oxidation sites excluding steroid dienone is 1. The molecular weight excluding hydrogens is 432 g/mol. The van der Waals surface area contributed by atoms with Crippen molar-refractivity contribution in [1.82, 2.24) is 0 Å². The molecule has 3 aromatic rings. The lowest BCUT2D eigenvalue weighted by Crippen LogP contribution is -2.31. The van der Waals surface area contributed by atoms with Crippen molar-refractivity contribution in [2.24, 2.45) is 0 Å². The molecule has 0 spiro atoms. The van der Waals surface area contributed by atoms with Gasteiger partial charge in [-0.3, -0.25) is 4.79 Å². The summed E-state index contributed by atoms with van der Waals surface area (Å²) in [6.07, 6.45) is 2.41. The minimum atomic E-state index is -4.23. The molecule has 0 saturated carbocycles. The van der Waals surface area contributed by atoms with Crippen LogP contribution >= 0.6 is 0 Å². The van der Waals surface area contributed by atoms with Gasteiger partial charge in [0, 0.05) is 6.42 Å². The first-order valence-corrected chi connectivity index (χ1v) is 12.7. The van der Waals surface area contributed by atoms with Crippen molar-refractivity contribution in [1.29, 1.82) is 0 Å². The monoisotopic (exact) mass is 454 g/mol. The zero-order chi connectivity index (χ0) is 22.3. The Hall–Kier alpha value is -3.03. The second-order valence-electron chi connectivity index (χ2n) is 6.89. The largest absolute Gasteiger partial charge is 0.295 e. The fraction of sp³-hybridized carbons (Fsp3) is 0.125. The maximum absolute atomic E-state index is 13.2. The van der Waals surface area contributed by atoms with Crippen molar-refractivity contribution < 1.29 is 21.6 Å². The number of ketones is 1. The molecule has 3 aromatic carbocycles. The molecular formula is C24H22O5S2. The van der Waals surface area contributed by atoms with Crippen LogP contribution in [0, 0.1) is 0 Å². The van der Waals surface area contributed by atoms with Gasteiger partial charge in [-0.1, -0.05) is 72.8 Å². The number of carbonyl (C=O) groups is 1. The molecule has 0 bridgehead atoms. The summed E-state index contributed by atoms with van der Waals surface area (Å²) in [5.41, 5.74) is 0.821.